The Kier molecular flexibility index (Phi) is 11.7. The molecule has 0 bridgehead atoms. The van der Waals surface area contributed by atoms with Crippen molar-refractivity contribution in [3.63, 3.8) is 0 Å². The number of esters is 1. The normalized spacial score (nSPS) is 22.6. The van der Waals surface area contributed by atoms with Crippen LogP contribution in [0.4, 0.5) is 4.79 Å². The molecule has 0 radical (unpaired) electrons. The first-order valence-electron chi connectivity index (χ1n) is 16.5. The second-order valence-electron chi connectivity index (χ2n) is 13.2. The van der Waals surface area contributed by atoms with E-state index in [4.69, 9.17) is 14.2 Å². The summed E-state index contributed by atoms with van der Waals surface area (Å²) in [5.41, 5.74) is -2.01. The number of nitrogens with zero attached hydrogens (tertiary/aromatic N) is 2. The Morgan fingerprint density at radius 3 is 2.57 bits per heavy atom. The van der Waals surface area contributed by atoms with E-state index in [1.807, 2.05) is 36.4 Å². The summed E-state index contributed by atoms with van der Waals surface area (Å²) < 4.78 is 17.1. The van der Waals surface area contributed by atoms with Crippen LogP contribution in [0.15, 0.2) is 61.8 Å². The minimum atomic E-state index is -1.24. The highest BCUT2D eigenvalue weighted by atomic mass is 16.6. The van der Waals surface area contributed by atoms with Crippen LogP contribution < -0.4 is 15.4 Å². The number of nitrogens with one attached hydrogen (secondary N) is 2. The van der Waals surface area contributed by atoms with Crippen molar-refractivity contribution in [1.82, 2.24) is 20.5 Å². The summed E-state index contributed by atoms with van der Waals surface area (Å²) >= 11 is 0. The quantitative estimate of drug-likeness (QED) is 0.152. The van der Waals surface area contributed by atoms with E-state index in [2.05, 4.69) is 28.8 Å². The number of unbranched alkanes of at least 4 members (excludes halogenated alkanes) is 3. The minimum absolute atomic E-state index is 0.0715. The van der Waals surface area contributed by atoms with E-state index < -0.39 is 53.2 Å². The van der Waals surface area contributed by atoms with Gasteiger partial charge in [0, 0.05) is 23.9 Å². The molecule has 1 aromatic carbocycles. The molecule has 2 fully saturated rings. The Bertz CT molecular complexity index is 1470. The van der Waals surface area contributed by atoms with Crippen LogP contribution in [0.3, 0.4) is 0 Å². The number of alkyl carbamates (subject to hydrolysis) is 1. The fraction of sp³-hybridized carbons (Fsp3) is 0.528. The van der Waals surface area contributed by atoms with Gasteiger partial charge in [0.05, 0.1) is 13.2 Å². The number of ether oxygens (including phenoxy) is 3. The van der Waals surface area contributed by atoms with E-state index in [0.717, 1.165) is 30.0 Å². The molecule has 0 spiro atoms. The molecular weight excluding hydrogens is 600 g/mol. The molecule has 3 amide bonds. The fourth-order valence-electron chi connectivity index (χ4n) is 6.00. The molecule has 5 atom stereocenters. The van der Waals surface area contributed by atoms with Gasteiger partial charge in [0.25, 0.3) is 0 Å². The molecule has 4 rings (SSSR count). The van der Waals surface area contributed by atoms with E-state index in [9.17, 15) is 19.2 Å². The van der Waals surface area contributed by atoms with Crippen molar-refractivity contribution in [2.24, 2.45) is 5.92 Å². The van der Waals surface area contributed by atoms with Crippen LogP contribution in [-0.4, -0.2) is 76.2 Å². The van der Waals surface area contributed by atoms with Crippen molar-refractivity contribution in [3.8, 4) is 5.88 Å². The van der Waals surface area contributed by atoms with Crippen LogP contribution in [-0.2, 0) is 23.9 Å². The summed E-state index contributed by atoms with van der Waals surface area (Å²) in [5.74, 6) is -1.37. The summed E-state index contributed by atoms with van der Waals surface area (Å²) in [4.78, 5) is 60.1. The lowest BCUT2D eigenvalue weighted by atomic mass is 10.0. The third-order valence-corrected chi connectivity index (χ3v) is 8.44. The highest BCUT2D eigenvalue weighted by molar-refractivity contribution is 5.96. The van der Waals surface area contributed by atoms with E-state index >= 15 is 0 Å². The number of hydrogen-bond donors (Lipinski definition) is 2. The number of benzene rings is 1. The summed E-state index contributed by atoms with van der Waals surface area (Å²) in [5, 5.41) is 7.40. The second-order valence-corrected chi connectivity index (χ2v) is 13.2. The molecule has 2 N–H and O–H groups in total. The van der Waals surface area contributed by atoms with E-state index in [0.29, 0.717) is 25.1 Å². The zero-order chi connectivity index (χ0) is 34.2. The first-order valence-corrected chi connectivity index (χ1v) is 16.5. The van der Waals surface area contributed by atoms with Crippen molar-refractivity contribution < 1.29 is 33.4 Å². The third-order valence-electron chi connectivity index (χ3n) is 8.44. The monoisotopic (exact) mass is 648 g/mol. The zero-order valence-corrected chi connectivity index (χ0v) is 28.0. The van der Waals surface area contributed by atoms with Crippen LogP contribution in [0, 0.1) is 5.92 Å². The Labute approximate surface area is 277 Å². The van der Waals surface area contributed by atoms with Gasteiger partial charge in [0.2, 0.25) is 17.7 Å². The predicted octanol–water partition coefficient (Wildman–Crippen LogP) is 5.24. The molecule has 1 aromatic heterocycles. The van der Waals surface area contributed by atoms with Gasteiger partial charge in [-0.25, -0.2) is 14.6 Å². The largest absolute Gasteiger partial charge is 0.472 e. The SMILES string of the molecule is C=CCCCCCC(NC(=O)OC(C)(C)C)C(=O)N1CC(Oc2nccc3ccccc23)CC1C(=O)NC1(C(=O)OCC)CC1C=C. The molecule has 11 nitrogen and oxygen atoms in total. The lowest BCUT2D eigenvalue weighted by molar-refractivity contribution is -0.150. The minimum Gasteiger partial charge on any atom is -0.472 e. The van der Waals surface area contributed by atoms with E-state index in [-0.39, 0.29) is 25.5 Å². The molecule has 5 unspecified atom stereocenters. The van der Waals surface area contributed by atoms with Crippen LogP contribution in [0.25, 0.3) is 10.8 Å². The highest BCUT2D eigenvalue weighted by Gasteiger charge is 2.62. The average Bonchev–Trinajstić information content (AvgIpc) is 3.58. The number of pyridine rings is 1. The van der Waals surface area contributed by atoms with Gasteiger partial charge in [-0.1, -0.05) is 43.2 Å². The molecule has 2 heterocycles. The Morgan fingerprint density at radius 1 is 1.13 bits per heavy atom. The second kappa shape index (κ2) is 15.5. The van der Waals surface area contributed by atoms with E-state index in [1.54, 1.807) is 40.0 Å². The Balaban J connectivity index is 1.61. The van der Waals surface area contributed by atoms with Gasteiger partial charge in [0.15, 0.2) is 0 Å². The summed E-state index contributed by atoms with van der Waals surface area (Å²) in [6, 6.07) is 7.62. The summed E-state index contributed by atoms with van der Waals surface area (Å²) in [7, 11) is 0. The predicted molar refractivity (Wildman–Crippen MR) is 179 cm³/mol. The lowest BCUT2D eigenvalue weighted by Crippen LogP contribution is -2.56. The van der Waals surface area contributed by atoms with Gasteiger partial charge in [-0.3, -0.25) is 9.59 Å². The van der Waals surface area contributed by atoms with Gasteiger partial charge < -0.3 is 29.7 Å². The van der Waals surface area contributed by atoms with Crippen molar-refractivity contribution in [3.05, 3.63) is 61.8 Å². The maximum atomic E-state index is 14.3. The van der Waals surface area contributed by atoms with Crippen LogP contribution >= 0.6 is 0 Å². The van der Waals surface area contributed by atoms with Gasteiger partial charge >= 0.3 is 12.1 Å². The number of amides is 3. The van der Waals surface area contributed by atoms with Crippen LogP contribution in [0.1, 0.15) is 72.6 Å². The smallest absolute Gasteiger partial charge is 0.408 e. The molecule has 1 aliphatic heterocycles. The number of fused-ring (bicyclic) bond motifs is 1. The van der Waals surface area contributed by atoms with Crippen LogP contribution in [0.2, 0.25) is 0 Å². The first kappa shape index (κ1) is 35.4. The molecule has 1 aliphatic carbocycles. The highest BCUT2D eigenvalue weighted by Crippen LogP contribution is 2.45. The van der Waals surface area contributed by atoms with Crippen molar-refractivity contribution in [1.29, 1.82) is 0 Å². The number of rotatable bonds is 15. The summed E-state index contributed by atoms with van der Waals surface area (Å²) in [6.45, 7) is 14.7. The number of aromatic nitrogens is 1. The van der Waals surface area contributed by atoms with Crippen molar-refractivity contribution in [2.45, 2.75) is 102 Å². The number of allylic oxidation sites excluding steroid dienone is 1. The van der Waals surface area contributed by atoms with Crippen molar-refractivity contribution in [2.75, 3.05) is 13.2 Å². The van der Waals surface area contributed by atoms with Crippen molar-refractivity contribution >= 4 is 34.6 Å². The van der Waals surface area contributed by atoms with Crippen LogP contribution in [0.5, 0.6) is 5.88 Å². The molecule has 11 heteroatoms. The standard InChI is InChI=1S/C36H48N4O7/c1-7-10-11-12-13-18-28(38-34(44)47-35(4,5)6)32(42)40-23-26(46-31-27-17-15-14-16-24(27)19-20-37-31)21-29(40)30(41)39-36(22-25(36)8-2)33(43)45-9-3/h7-8,14-17,19-20,25-26,28-29H,1-2,9-13,18,21-23H2,3-6H3,(H,38,44)(H,39,41). The topological polar surface area (TPSA) is 136 Å². The lowest BCUT2D eigenvalue weighted by Gasteiger charge is -2.30. The molecule has 47 heavy (non-hydrogen) atoms. The molecular formula is C36H48N4O7. The van der Waals surface area contributed by atoms with Gasteiger partial charge in [-0.05, 0) is 70.9 Å². The molecule has 1 saturated heterocycles. The van der Waals surface area contributed by atoms with Gasteiger partial charge in [-0.15, -0.1) is 13.2 Å². The number of hydrogen-bond acceptors (Lipinski definition) is 8. The average molecular weight is 649 g/mol. The zero-order valence-electron chi connectivity index (χ0n) is 28.0. The fourth-order valence-corrected chi connectivity index (χ4v) is 6.00. The number of carbonyl (C=O) groups is 4. The Morgan fingerprint density at radius 2 is 1.89 bits per heavy atom. The molecule has 1 saturated carbocycles. The van der Waals surface area contributed by atoms with Gasteiger partial charge in [0.1, 0.15) is 29.3 Å². The molecule has 2 aromatic rings. The number of carbonyl (C=O) groups excluding carboxylic acids is 4. The third kappa shape index (κ3) is 8.90. The first-order chi connectivity index (χ1) is 22.4. The Hall–Kier alpha value is -4.41. The summed E-state index contributed by atoms with van der Waals surface area (Å²) in [6.07, 6.45) is 7.92. The number of likely N-dealkylation sites (tertiary alicyclic amines) is 1. The molecule has 2 aliphatic rings. The van der Waals surface area contributed by atoms with Gasteiger partial charge in [-0.2, -0.15) is 0 Å². The maximum Gasteiger partial charge on any atom is 0.408 e. The molecule has 254 valence electrons. The van der Waals surface area contributed by atoms with E-state index in [1.165, 1.54) is 4.90 Å². The maximum absolute atomic E-state index is 14.3.